The van der Waals surface area contributed by atoms with E-state index in [4.69, 9.17) is 19.2 Å². The average Bonchev–Trinajstić information content (AvgIpc) is 3.21. The van der Waals surface area contributed by atoms with E-state index in [0.29, 0.717) is 49.3 Å². The van der Waals surface area contributed by atoms with Crippen LogP contribution in [0.3, 0.4) is 0 Å². The summed E-state index contributed by atoms with van der Waals surface area (Å²) < 4.78 is 19.5. The molecule has 7 heteroatoms. The van der Waals surface area contributed by atoms with Gasteiger partial charge >= 0.3 is 5.97 Å². The van der Waals surface area contributed by atoms with Crippen molar-refractivity contribution in [1.29, 1.82) is 0 Å². The summed E-state index contributed by atoms with van der Waals surface area (Å²) in [5.74, 6) is 1.76. The van der Waals surface area contributed by atoms with Crippen molar-refractivity contribution in [1.82, 2.24) is 9.55 Å². The largest absolute Gasteiger partial charge is 0.490 e. The van der Waals surface area contributed by atoms with Crippen molar-refractivity contribution in [2.24, 2.45) is 0 Å². The number of hydrogen-bond donors (Lipinski definition) is 1. The molecule has 0 saturated carbocycles. The first-order chi connectivity index (χ1) is 16.6. The number of carbonyl (C=O) groups is 1. The molecule has 1 aliphatic heterocycles. The Bertz CT molecular complexity index is 1200. The van der Waals surface area contributed by atoms with Gasteiger partial charge in [0.1, 0.15) is 0 Å². The Kier molecular flexibility index (Phi) is 7.40. The van der Waals surface area contributed by atoms with Crippen LogP contribution in [-0.2, 0) is 9.53 Å². The van der Waals surface area contributed by atoms with E-state index in [1.165, 1.54) is 0 Å². The summed E-state index contributed by atoms with van der Waals surface area (Å²) in [5, 5.41) is 3.43. The molecule has 0 radical (unpaired) electrons. The van der Waals surface area contributed by atoms with E-state index in [1.54, 1.807) is 0 Å². The van der Waals surface area contributed by atoms with Gasteiger partial charge in [0.15, 0.2) is 11.5 Å². The molecule has 0 fully saturated rings. The molecule has 0 saturated heterocycles. The number of allylic oxidation sites excluding steroid dienone is 1. The third-order valence-electron chi connectivity index (χ3n) is 5.76. The molecule has 0 unspecified atom stereocenters. The van der Waals surface area contributed by atoms with Gasteiger partial charge in [-0.15, -0.1) is 0 Å². The zero-order valence-corrected chi connectivity index (χ0v) is 20.4. The Morgan fingerprint density at radius 1 is 1.00 bits per heavy atom. The topological polar surface area (TPSA) is 74.6 Å². The lowest BCUT2D eigenvalue weighted by atomic mass is 9.93. The number of anilines is 1. The molecule has 1 atom stereocenters. The van der Waals surface area contributed by atoms with Gasteiger partial charge in [0, 0.05) is 5.70 Å². The molecule has 1 aromatic heterocycles. The maximum atomic E-state index is 13.3. The molecule has 34 heavy (non-hydrogen) atoms. The Labute approximate surface area is 200 Å². The molecule has 1 N–H and O–H groups in total. The summed E-state index contributed by atoms with van der Waals surface area (Å²) in [7, 11) is 0. The smallest absolute Gasteiger partial charge is 0.338 e. The summed E-state index contributed by atoms with van der Waals surface area (Å²) in [6.07, 6.45) is 2.50. The van der Waals surface area contributed by atoms with Crippen molar-refractivity contribution in [2.45, 2.75) is 53.0 Å². The predicted octanol–water partition coefficient (Wildman–Crippen LogP) is 5.86. The number of nitrogens with one attached hydrogen (secondary N) is 1. The second kappa shape index (κ2) is 10.6. The van der Waals surface area contributed by atoms with E-state index in [0.717, 1.165) is 35.1 Å². The van der Waals surface area contributed by atoms with Crippen LogP contribution in [0.4, 0.5) is 5.95 Å². The Balaban J connectivity index is 1.94. The SMILES string of the molecule is CCCOc1ccc([C@H]2C(C(=O)OCC)=C(CCC)Nc3nc4ccccc4n32)cc1OCC. The van der Waals surface area contributed by atoms with Crippen LogP contribution in [0.5, 0.6) is 11.5 Å². The first kappa shape index (κ1) is 23.7. The van der Waals surface area contributed by atoms with Crippen LogP contribution in [0, 0.1) is 0 Å². The summed E-state index contributed by atoms with van der Waals surface area (Å²) in [6.45, 7) is 9.37. The molecule has 1 aliphatic rings. The fourth-order valence-electron chi connectivity index (χ4n) is 4.39. The monoisotopic (exact) mass is 463 g/mol. The minimum Gasteiger partial charge on any atom is -0.490 e. The highest BCUT2D eigenvalue weighted by Gasteiger charge is 2.36. The number of benzene rings is 2. The second-order valence-electron chi connectivity index (χ2n) is 8.17. The van der Waals surface area contributed by atoms with Crippen LogP contribution in [-0.4, -0.2) is 35.3 Å². The van der Waals surface area contributed by atoms with E-state index in [2.05, 4.69) is 23.7 Å². The second-order valence-corrected chi connectivity index (χ2v) is 8.17. The highest BCUT2D eigenvalue weighted by atomic mass is 16.5. The molecule has 180 valence electrons. The molecule has 2 heterocycles. The molecule has 0 aliphatic carbocycles. The van der Waals surface area contributed by atoms with Crippen molar-refractivity contribution in [3.05, 3.63) is 59.3 Å². The lowest BCUT2D eigenvalue weighted by Crippen LogP contribution is -2.29. The van der Waals surface area contributed by atoms with E-state index >= 15 is 0 Å². The molecular formula is C27H33N3O4. The zero-order valence-electron chi connectivity index (χ0n) is 20.4. The number of rotatable bonds is 10. The number of carbonyl (C=O) groups excluding carboxylic acids is 1. The van der Waals surface area contributed by atoms with Crippen molar-refractivity contribution >= 4 is 23.0 Å². The van der Waals surface area contributed by atoms with Gasteiger partial charge < -0.3 is 19.5 Å². The first-order valence-electron chi connectivity index (χ1n) is 12.2. The third kappa shape index (κ3) is 4.47. The van der Waals surface area contributed by atoms with Gasteiger partial charge in [0.2, 0.25) is 5.95 Å². The van der Waals surface area contributed by atoms with Crippen LogP contribution >= 0.6 is 0 Å². The third-order valence-corrected chi connectivity index (χ3v) is 5.76. The maximum absolute atomic E-state index is 13.3. The zero-order chi connectivity index (χ0) is 24.1. The highest BCUT2D eigenvalue weighted by Crippen LogP contribution is 2.42. The molecule has 0 spiro atoms. The van der Waals surface area contributed by atoms with Crippen molar-refractivity contribution < 1.29 is 19.0 Å². The molecule has 2 aromatic carbocycles. The van der Waals surface area contributed by atoms with Gasteiger partial charge in [-0.1, -0.05) is 38.5 Å². The molecule has 0 amide bonds. The quantitative estimate of drug-likeness (QED) is 0.380. The van der Waals surface area contributed by atoms with Crippen LogP contribution in [0.1, 0.15) is 58.6 Å². The van der Waals surface area contributed by atoms with Gasteiger partial charge in [-0.05, 0) is 56.5 Å². The number of nitrogens with zero attached hydrogens (tertiary/aromatic N) is 2. The van der Waals surface area contributed by atoms with Crippen LogP contribution in [0.25, 0.3) is 11.0 Å². The predicted molar refractivity (Wildman–Crippen MR) is 133 cm³/mol. The van der Waals surface area contributed by atoms with Crippen LogP contribution in [0.15, 0.2) is 53.7 Å². The molecule has 7 nitrogen and oxygen atoms in total. The fraction of sp³-hybridized carbons (Fsp3) is 0.407. The lowest BCUT2D eigenvalue weighted by molar-refractivity contribution is -0.139. The van der Waals surface area contributed by atoms with E-state index < -0.39 is 6.04 Å². The number of esters is 1. The summed E-state index contributed by atoms with van der Waals surface area (Å²) in [6, 6.07) is 13.5. The Hall–Kier alpha value is -3.48. The molecule has 0 bridgehead atoms. The minimum absolute atomic E-state index is 0.306. The highest BCUT2D eigenvalue weighted by molar-refractivity contribution is 5.94. The number of para-hydroxylation sites is 2. The van der Waals surface area contributed by atoms with Crippen LogP contribution < -0.4 is 14.8 Å². The van der Waals surface area contributed by atoms with E-state index in [9.17, 15) is 4.79 Å². The van der Waals surface area contributed by atoms with E-state index in [1.807, 2.05) is 56.3 Å². The van der Waals surface area contributed by atoms with E-state index in [-0.39, 0.29) is 5.97 Å². The van der Waals surface area contributed by atoms with Crippen LogP contribution in [0.2, 0.25) is 0 Å². The van der Waals surface area contributed by atoms with Gasteiger partial charge in [0.25, 0.3) is 0 Å². The number of hydrogen-bond acceptors (Lipinski definition) is 6. The Morgan fingerprint density at radius 3 is 2.56 bits per heavy atom. The number of aromatic nitrogens is 2. The van der Waals surface area contributed by atoms with Gasteiger partial charge in [-0.2, -0.15) is 0 Å². The lowest BCUT2D eigenvalue weighted by Gasteiger charge is -2.31. The summed E-state index contributed by atoms with van der Waals surface area (Å²) in [5.41, 5.74) is 4.16. The van der Waals surface area contributed by atoms with Gasteiger partial charge in [0.05, 0.1) is 42.5 Å². The maximum Gasteiger partial charge on any atom is 0.338 e. The standard InChI is InChI=1S/C27H33N3O4/c1-5-11-20-24(26(31)33-8-4)25(30-21-13-10-9-12-19(21)28-27(30)29-20)18-14-15-22(34-16-6-2)23(17-18)32-7-3/h9-10,12-15,17,25H,5-8,11,16H2,1-4H3,(H,28,29)/t25-/m0/s1. The normalized spacial score (nSPS) is 15.1. The average molecular weight is 464 g/mol. The van der Waals surface area contributed by atoms with Gasteiger partial charge in [-0.25, -0.2) is 9.78 Å². The molecule has 3 aromatic rings. The van der Waals surface area contributed by atoms with Crippen molar-refractivity contribution in [3.63, 3.8) is 0 Å². The number of fused-ring (bicyclic) bond motifs is 3. The minimum atomic E-state index is -0.413. The molecule has 4 rings (SSSR count). The van der Waals surface area contributed by atoms with Crippen molar-refractivity contribution in [3.8, 4) is 11.5 Å². The number of imidazole rings is 1. The summed E-state index contributed by atoms with van der Waals surface area (Å²) >= 11 is 0. The Morgan fingerprint density at radius 2 is 1.82 bits per heavy atom. The first-order valence-corrected chi connectivity index (χ1v) is 12.2. The number of ether oxygens (including phenoxy) is 3. The summed E-state index contributed by atoms with van der Waals surface area (Å²) in [4.78, 5) is 18.2. The molecular weight excluding hydrogens is 430 g/mol. The van der Waals surface area contributed by atoms with Gasteiger partial charge in [-0.3, -0.25) is 4.57 Å². The van der Waals surface area contributed by atoms with Crippen molar-refractivity contribution in [2.75, 3.05) is 25.1 Å². The fourth-order valence-corrected chi connectivity index (χ4v) is 4.39.